The smallest absolute Gasteiger partial charge is 0.227 e. The molecule has 5 nitrogen and oxygen atoms in total. The third kappa shape index (κ3) is 4.83. The number of nitrogens with zero attached hydrogens (tertiary/aromatic N) is 2. The first kappa shape index (κ1) is 30.3. The molecule has 0 atom stereocenters. The van der Waals surface area contributed by atoms with Crippen molar-refractivity contribution in [2.24, 2.45) is 0 Å². The van der Waals surface area contributed by atoms with Crippen LogP contribution in [-0.2, 0) is 0 Å². The van der Waals surface area contributed by atoms with Gasteiger partial charge in [-0.05, 0) is 77.9 Å². The number of hydrogen-bond acceptors (Lipinski definition) is 5. The molecule has 3 heterocycles. The van der Waals surface area contributed by atoms with E-state index in [4.69, 9.17) is 18.2 Å². The monoisotopic (exact) mass is 694 g/mol. The first-order valence-corrected chi connectivity index (χ1v) is 18.0. The normalized spacial score (nSPS) is 11.7. The Morgan fingerprint density at radius 1 is 0.389 bits per heavy atom. The minimum absolute atomic E-state index is 0.584. The predicted molar refractivity (Wildman–Crippen MR) is 220 cm³/mol. The summed E-state index contributed by atoms with van der Waals surface area (Å²) < 4.78 is 19.1. The van der Waals surface area contributed by atoms with Crippen LogP contribution in [0.2, 0.25) is 0 Å². The molecule has 5 heteroatoms. The van der Waals surface area contributed by atoms with Crippen LogP contribution >= 0.6 is 0 Å². The van der Waals surface area contributed by atoms with Crippen LogP contribution in [0.1, 0.15) is 0 Å². The maximum atomic E-state index is 6.43. The Morgan fingerprint density at radius 3 is 1.87 bits per heavy atom. The highest BCUT2D eigenvalue weighted by Gasteiger charge is 2.21. The molecule has 0 aliphatic heterocycles. The van der Waals surface area contributed by atoms with Crippen LogP contribution in [0, 0.1) is 0 Å². The van der Waals surface area contributed by atoms with Crippen LogP contribution in [0.25, 0.3) is 88.7 Å². The molecule has 8 aromatic carbocycles. The van der Waals surface area contributed by atoms with Crippen molar-refractivity contribution in [2.75, 3.05) is 4.90 Å². The highest BCUT2D eigenvalue weighted by atomic mass is 16.4. The minimum atomic E-state index is 0.584. The molecule has 11 aromatic rings. The first-order valence-electron chi connectivity index (χ1n) is 18.0. The average Bonchev–Trinajstić information content (AvgIpc) is 3.95. The summed E-state index contributed by atoms with van der Waals surface area (Å²) in [5.41, 5.74) is 13.2. The lowest BCUT2D eigenvalue weighted by Crippen LogP contribution is -2.11. The van der Waals surface area contributed by atoms with E-state index >= 15 is 0 Å². The number of aromatic nitrogens is 1. The van der Waals surface area contributed by atoms with Crippen molar-refractivity contribution in [1.82, 2.24) is 4.98 Å². The third-order valence-corrected chi connectivity index (χ3v) is 10.3. The summed E-state index contributed by atoms with van der Waals surface area (Å²) in [5.74, 6) is 0.584. The fraction of sp³-hybridized carbons (Fsp3) is 0. The molecule has 0 saturated heterocycles. The van der Waals surface area contributed by atoms with E-state index in [9.17, 15) is 0 Å². The van der Waals surface area contributed by atoms with Gasteiger partial charge in [-0.2, -0.15) is 0 Å². The predicted octanol–water partition coefficient (Wildman–Crippen LogP) is 14.1. The summed E-state index contributed by atoms with van der Waals surface area (Å²) in [7, 11) is 0. The van der Waals surface area contributed by atoms with Gasteiger partial charge in [-0.15, -0.1) is 0 Å². The number of para-hydroxylation sites is 3. The van der Waals surface area contributed by atoms with Gasteiger partial charge in [0.15, 0.2) is 5.58 Å². The topological polar surface area (TPSA) is 55.6 Å². The highest BCUT2D eigenvalue weighted by Crippen LogP contribution is 2.45. The fourth-order valence-corrected chi connectivity index (χ4v) is 7.81. The van der Waals surface area contributed by atoms with E-state index in [2.05, 4.69) is 132 Å². The highest BCUT2D eigenvalue weighted by molar-refractivity contribution is 6.17. The molecule has 0 unspecified atom stereocenters. The van der Waals surface area contributed by atoms with Crippen LogP contribution in [0.4, 0.5) is 17.1 Å². The SMILES string of the molecule is c1ccc(-c2nc3c(ccc4oc5ccc(N(c6ccc(-c7cccc8c7oc7ccccc78)cc6)c6ccccc6-c6ccccc6)cc5c43)o2)cc1. The molecule has 0 fully saturated rings. The van der Waals surface area contributed by atoms with E-state index in [-0.39, 0.29) is 0 Å². The summed E-state index contributed by atoms with van der Waals surface area (Å²) in [6.45, 7) is 0. The van der Waals surface area contributed by atoms with Gasteiger partial charge >= 0.3 is 0 Å². The van der Waals surface area contributed by atoms with Gasteiger partial charge in [0.2, 0.25) is 5.89 Å². The maximum absolute atomic E-state index is 6.43. The Morgan fingerprint density at radius 2 is 1.02 bits per heavy atom. The molecule has 0 spiro atoms. The summed E-state index contributed by atoms with van der Waals surface area (Å²) >= 11 is 0. The first-order chi connectivity index (χ1) is 26.8. The van der Waals surface area contributed by atoms with Crippen molar-refractivity contribution in [1.29, 1.82) is 0 Å². The van der Waals surface area contributed by atoms with Gasteiger partial charge in [-0.1, -0.05) is 115 Å². The maximum Gasteiger partial charge on any atom is 0.227 e. The molecule has 0 aliphatic rings. The zero-order valence-corrected chi connectivity index (χ0v) is 28.9. The molecule has 254 valence electrons. The van der Waals surface area contributed by atoms with Gasteiger partial charge in [0, 0.05) is 44.2 Å². The number of fused-ring (bicyclic) bond motifs is 8. The van der Waals surface area contributed by atoms with Crippen molar-refractivity contribution in [3.05, 3.63) is 182 Å². The van der Waals surface area contributed by atoms with E-state index in [0.29, 0.717) is 5.89 Å². The molecule has 0 bridgehead atoms. The Labute approximate surface area is 309 Å². The minimum Gasteiger partial charge on any atom is -0.456 e. The van der Waals surface area contributed by atoms with Crippen LogP contribution in [0.3, 0.4) is 0 Å². The Bertz CT molecular complexity index is 3160. The number of benzene rings is 8. The van der Waals surface area contributed by atoms with Gasteiger partial charge in [0.25, 0.3) is 0 Å². The van der Waals surface area contributed by atoms with Crippen LogP contribution < -0.4 is 4.90 Å². The van der Waals surface area contributed by atoms with E-state index in [0.717, 1.165) is 99.9 Å². The largest absolute Gasteiger partial charge is 0.456 e. The van der Waals surface area contributed by atoms with Gasteiger partial charge in [-0.3, -0.25) is 0 Å². The van der Waals surface area contributed by atoms with E-state index in [1.54, 1.807) is 0 Å². The molecule has 0 aliphatic carbocycles. The van der Waals surface area contributed by atoms with E-state index < -0.39 is 0 Å². The Kier molecular flexibility index (Phi) is 6.79. The quantitative estimate of drug-likeness (QED) is 0.173. The molecule has 0 saturated carbocycles. The summed E-state index contributed by atoms with van der Waals surface area (Å²) in [4.78, 5) is 7.33. The zero-order valence-electron chi connectivity index (χ0n) is 28.9. The molecule has 0 amide bonds. The lowest BCUT2D eigenvalue weighted by atomic mass is 10.00. The lowest BCUT2D eigenvalue weighted by Gasteiger charge is -2.28. The van der Waals surface area contributed by atoms with Gasteiger partial charge in [0.1, 0.15) is 27.8 Å². The van der Waals surface area contributed by atoms with Crippen molar-refractivity contribution in [3.8, 4) is 33.7 Å². The number of oxazole rings is 1. The van der Waals surface area contributed by atoms with Crippen molar-refractivity contribution < 1.29 is 13.3 Å². The molecule has 11 rings (SSSR count). The van der Waals surface area contributed by atoms with E-state index in [1.165, 1.54) is 0 Å². The molecule has 3 aromatic heterocycles. The number of hydrogen-bond donors (Lipinski definition) is 0. The summed E-state index contributed by atoms with van der Waals surface area (Å²) in [6, 6.07) is 62.8. The second kappa shape index (κ2) is 12.1. The van der Waals surface area contributed by atoms with Crippen molar-refractivity contribution >= 4 is 72.0 Å². The van der Waals surface area contributed by atoms with Gasteiger partial charge in [-0.25, -0.2) is 4.98 Å². The van der Waals surface area contributed by atoms with E-state index in [1.807, 2.05) is 54.6 Å². The third-order valence-electron chi connectivity index (χ3n) is 10.3. The number of rotatable bonds is 6. The zero-order chi connectivity index (χ0) is 35.6. The van der Waals surface area contributed by atoms with Gasteiger partial charge < -0.3 is 18.2 Å². The Hall–Kier alpha value is -7.37. The second-order valence-corrected chi connectivity index (χ2v) is 13.5. The molecule has 54 heavy (non-hydrogen) atoms. The van der Waals surface area contributed by atoms with Crippen LogP contribution in [0.5, 0.6) is 0 Å². The Balaban J connectivity index is 1.10. The van der Waals surface area contributed by atoms with Gasteiger partial charge in [0.05, 0.1) is 11.1 Å². The van der Waals surface area contributed by atoms with Crippen LogP contribution in [0.15, 0.2) is 195 Å². The number of anilines is 3. The number of furan rings is 2. The molecular weight excluding hydrogens is 665 g/mol. The molecular formula is C49H30N2O3. The fourth-order valence-electron chi connectivity index (χ4n) is 7.81. The standard InChI is InChI=1S/C49H30N2O3/c1-3-12-31(13-4-1)36-16-7-9-20-41(36)51(34-24-22-32(23-25-34)37-18-11-19-39-38-17-8-10-21-42(38)53-48(37)39)35-26-27-43-40(30-35)46-44(52-43)28-29-45-47(46)50-49(54-45)33-14-5-2-6-15-33/h1-30H. The summed E-state index contributed by atoms with van der Waals surface area (Å²) in [5, 5.41) is 4.14. The summed E-state index contributed by atoms with van der Waals surface area (Å²) in [6.07, 6.45) is 0. The van der Waals surface area contributed by atoms with Crippen molar-refractivity contribution in [3.63, 3.8) is 0 Å². The van der Waals surface area contributed by atoms with Crippen molar-refractivity contribution in [2.45, 2.75) is 0 Å². The lowest BCUT2D eigenvalue weighted by molar-refractivity contribution is 0.619. The second-order valence-electron chi connectivity index (χ2n) is 13.5. The molecule has 0 radical (unpaired) electrons. The molecule has 0 N–H and O–H groups in total. The van der Waals surface area contributed by atoms with Crippen LogP contribution in [-0.4, -0.2) is 4.98 Å². The average molecular weight is 695 g/mol.